The van der Waals surface area contributed by atoms with E-state index in [1.807, 2.05) is 72.8 Å². The summed E-state index contributed by atoms with van der Waals surface area (Å²) in [6.07, 6.45) is 0. The molecule has 4 aromatic rings. The van der Waals surface area contributed by atoms with Gasteiger partial charge in [-0.05, 0) is 18.2 Å². The first kappa shape index (κ1) is 17.9. The molecule has 0 atom stereocenters. The van der Waals surface area contributed by atoms with Gasteiger partial charge in [-0.1, -0.05) is 72.8 Å². The quantitative estimate of drug-likeness (QED) is 0.524. The lowest BCUT2D eigenvalue weighted by molar-refractivity contribution is 0.288. The van der Waals surface area contributed by atoms with Gasteiger partial charge in [0.05, 0.1) is 11.4 Å². The van der Waals surface area contributed by atoms with Crippen molar-refractivity contribution in [2.75, 3.05) is 0 Å². The summed E-state index contributed by atoms with van der Waals surface area (Å²) in [6.45, 7) is 0. The summed E-state index contributed by atoms with van der Waals surface area (Å²) in [7, 11) is -1.88. The molecule has 6 heteroatoms. The van der Waals surface area contributed by atoms with E-state index in [0.29, 0.717) is 17.1 Å². The maximum Gasteiger partial charge on any atom is 0.707 e. The van der Waals surface area contributed by atoms with Crippen LogP contribution in [0.1, 0.15) is 0 Å². The molecule has 0 saturated heterocycles. The van der Waals surface area contributed by atoms with E-state index in [1.165, 1.54) is 0 Å². The lowest BCUT2D eigenvalue weighted by Crippen LogP contribution is -2.20. The Labute approximate surface area is 163 Å². The standard InChI is InChI=1S/C22H17BN2O3/c26-23(27)28-19-13-7-12-18(14-19)22-24-20(16-8-3-1-4-9-16)15-21(25-22)17-10-5-2-6-11-17/h1-15,26-27H. The van der Waals surface area contributed by atoms with Crippen LogP contribution < -0.4 is 4.65 Å². The van der Waals surface area contributed by atoms with Crippen molar-refractivity contribution in [2.45, 2.75) is 0 Å². The fourth-order valence-electron chi connectivity index (χ4n) is 2.92. The van der Waals surface area contributed by atoms with E-state index in [9.17, 15) is 0 Å². The Bertz CT molecular complexity index is 1020. The summed E-state index contributed by atoms with van der Waals surface area (Å²) in [5.74, 6) is 0.848. The first-order valence-corrected chi connectivity index (χ1v) is 8.82. The van der Waals surface area contributed by atoms with Crippen LogP contribution in [0.5, 0.6) is 5.75 Å². The van der Waals surface area contributed by atoms with Gasteiger partial charge >= 0.3 is 7.32 Å². The fourth-order valence-corrected chi connectivity index (χ4v) is 2.92. The van der Waals surface area contributed by atoms with Crippen molar-refractivity contribution >= 4 is 7.32 Å². The Morgan fingerprint density at radius 1 is 0.607 bits per heavy atom. The van der Waals surface area contributed by atoms with E-state index in [1.54, 1.807) is 18.2 Å². The molecule has 0 aliphatic carbocycles. The molecule has 0 unspecified atom stereocenters. The molecule has 0 spiro atoms. The number of aromatic nitrogens is 2. The third-order valence-electron chi connectivity index (χ3n) is 4.20. The fraction of sp³-hybridized carbons (Fsp3) is 0. The molecule has 2 N–H and O–H groups in total. The first-order valence-electron chi connectivity index (χ1n) is 8.82. The predicted octanol–water partition coefficient (Wildman–Crippen LogP) is 3.83. The van der Waals surface area contributed by atoms with Gasteiger partial charge in [-0.25, -0.2) is 9.97 Å². The average molecular weight is 368 g/mol. The van der Waals surface area contributed by atoms with E-state index >= 15 is 0 Å². The van der Waals surface area contributed by atoms with Crippen molar-refractivity contribution in [1.82, 2.24) is 9.97 Å². The zero-order valence-electron chi connectivity index (χ0n) is 14.9. The molecular weight excluding hydrogens is 351 g/mol. The van der Waals surface area contributed by atoms with Gasteiger partial charge < -0.3 is 14.7 Å². The topological polar surface area (TPSA) is 75.5 Å². The molecule has 0 fully saturated rings. The molecule has 4 rings (SSSR count). The van der Waals surface area contributed by atoms with E-state index in [-0.39, 0.29) is 0 Å². The molecule has 0 radical (unpaired) electrons. The zero-order chi connectivity index (χ0) is 19.3. The minimum Gasteiger partial charge on any atom is -0.512 e. The average Bonchev–Trinajstić information content (AvgIpc) is 2.74. The van der Waals surface area contributed by atoms with E-state index < -0.39 is 7.32 Å². The molecule has 136 valence electrons. The maximum absolute atomic E-state index is 9.05. The number of benzene rings is 3. The van der Waals surface area contributed by atoms with Gasteiger partial charge in [-0.15, -0.1) is 0 Å². The Morgan fingerprint density at radius 2 is 1.14 bits per heavy atom. The molecular formula is C22H17BN2O3. The molecule has 0 bridgehead atoms. The molecule has 28 heavy (non-hydrogen) atoms. The normalized spacial score (nSPS) is 10.5. The molecule has 0 saturated carbocycles. The number of hydrogen-bond acceptors (Lipinski definition) is 5. The van der Waals surface area contributed by atoms with Crippen LogP contribution in [0.2, 0.25) is 0 Å². The molecule has 0 aliphatic heterocycles. The van der Waals surface area contributed by atoms with Crippen LogP contribution in [0.25, 0.3) is 33.9 Å². The summed E-state index contributed by atoms with van der Waals surface area (Å²) in [5, 5.41) is 18.1. The zero-order valence-corrected chi connectivity index (χ0v) is 14.9. The minimum absolute atomic E-state index is 0.322. The Kier molecular flexibility index (Phi) is 5.15. The van der Waals surface area contributed by atoms with Crippen LogP contribution in [-0.2, 0) is 0 Å². The van der Waals surface area contributed by atoms with E-state index in [0.717, 1.165) is 22.5 Å². The first-order chi connectivity index (χ1) is 13.7. The van der Waals surface area contributed by atoms with Crippen LogP contribution in [-0.4, -0.2) is 27.3 Å². The second-order valence-corrected chi connectivity index (χ2v) is 6.17. The highest BCUT2D eigenvalue weighted by Gasteiger charge is 2.14. The molecule has 3 aromatic carbocycles. The Hall–Kier alpha value is -3.48. The lowest BCUT2D eigenvalue weighted by atomic mass is 10.1. The Morgan fingerprint density at radius 3 is 1.68 bits per heavy atom. The smallest absolute Gasteiger partial charge is 0.512 e. The van der Waals surface area contributed by atoms with E-state index in [2.05, 4.69) is 0 Å². The highest BCUT2D eigenvalue weighted by atomic mass is 16.6. The third-order valence-corrected chi connectivity index (χ3v) is 4.20. The summed E-state index contributed by atoms with van der Waals surface area (Å²) < 4.78 is 4.96. The third kappa shape index (κ3) is 4.09. The van der Waals surface area contributed by atoms with Gasteiger partial charge in [0.15, 0.2) is 5.82 Å². The summed E-state index contributed by atoms with van der Waals surface area (Å²) in [5.41, 5.74) is 4.30. The van der Waals surface area contributed by atoms with Gasteiger partial charge in [0, 0.05) is 16.7 Å². The second-order valence-electron chi connectivity index (χ2n) is 6.17. The van der Waals surface area contributed by atoms with Crippen molar-refractivity contribution in [1.29, 1.82) is 0 Å². The summed E-state index contributed by atoms with van der Waals surface area (Å²) >= 11 is 0. The van der Waals surface area contributed by atoms with Crippen molar-refractivity contribution in [2.24, 2.45) is 0 Å². The van der Waals surface area contributed by atoms with Crippen LogP contribution in [0.3, 0.4) is 0 Å². The van der Waals surface area contributed by atoms with Crippen molar-refractivity contribution in [3.8, 4) is 39.7 Å². The lowest BCUT2D eigenvalue weighted by Gasteiger charge is -2.10. The largest absolute Gasteiger partial charge is 0.707 e. The molecule has 1 aromatic heterocycles. The van der Waals surface area contributed by atoms with Gasteiger partial charge in [0.25, 0.3) is 0 Å². The van der Waals surface area contributed by atoms with Gasteiger partial charge in [-0.3, -0.25) is 0 Å². The summed E-state index contributed by atoms with van der Waals surface area (Å²) in [4.78, 5) is 9.46. The number of nitrogens with zero attached hydrogens (tertiary/aromatic N) is 2. The monoisotopic (exact) mass is 368 g/mol. The van der Waals surface area contributed by atoms with Crippen molar-refractivity contribution < 1.29 is 14.7 Å². The van der Waals surface area contributed by atoms with Gasteiger partial charge in [0.2, 0.25) is 0 Å². The van der Waals surface area contributed by atoms with Gasteiger partial charge in [-0.2, -0.15) is 0 Å². The van der Waals surface area contributed by atoms with Crippen molar-refractivity contribution in [3.05, 3.63) is 91.0 Å². The molecule has 5 nitrogen and oxygen atoms in total. The SMILES string of the molecule is OB(O)Oc1cccc(-c2nc(-c3ccccc3)cc(-c3ccccc3)n2)c1. The highest BCUT2D eigenvalue weighted by molar-refractivity contribution is 6.33. The van der Waals surface area contributed by atoms with Crippen molar-refractivity contribution in [3.63, 3.8) is 0 Å². The predicted molar refractivity (Wildman–Crippen MR) is 109 cm³/mol. The minimum atomic E-state index is -1.88. The number of hydrogen-bond donors (Lipinski definition) is 2. The summed E-state index contributed by atoms with van der Waals surface area (Å²) in [6, 6.07) is 28.7. The highest BCUT2D eigenvalue weighted by Crippen LogP contribution is 2.28. The Balaban J connectivity index is 1.85. The van der Waals surface area contributed by atoms with Crippen LogP contribution in [0.15, 0.2) is 91.0 Å². The molecule has 0 aliphatic rings. The van der Waals surface area contributed by atoms with Crippen LogP contribution in [0.4, 0.5) is 0 Å². The maximum atomic E-state index is 9.05. The second kappa shape index (κ2) is 8.04. The van der Waals surface area contributed by atoms with E-state index in [4.69, 9.17) is 24.7 Å². The number of rotatable bonds is 5. The molecule has 0 amide bonds. The van der Waals surface area contributed by atoms with Gasteiger partial charge in [0.1, 0.15) is 5.75 Å². The molecule has 1 heterocycles. The van der Waals surface area contributed by atoms with Crippen LogP contribution in [0, 0.1) is 0 Å². The van der Waals surface area contributed by atoms with Crippen LogP contribution >= 0.6 is 0 Å².